The molecule has 0 aliphatic heterocycles. The second-order valence-corrected chi connectivity index (χ2v) is 7.15. The molecule has 6 nitrogen and oxygen atoms in total. The van der Waals surface area contributed by atoms with Gasteiger partial charge in [0.2, 0.25) is 0 Å². The topological polar surface area (TPSA) is 95.5 Å². The van der Waals surface area contributed by atoms with Gasteiger partial charge in [0.15, 0.2) is 0 Å². The third-order valence-electron chi connectivity index (χ3n) is 3.38. The largest absolute Gasteiger partial charge is 0.480 e. The maximum Gasteiger partial charge on any atom is 0.324 e. The zero-order valence-corrected chi connectivity index (χ0v) is 12.4. The zero-order valence-electron chi connectivity index (χ0n) is 11.6. The van der Waals surface area contributed by atoms with E-state index >= 15 is 0 Å². The van der Waals surface area contributed by atoms with Gasteiger partial charge in [0.1, 0.15) is 5.54 Å². The van der Waals surface area contributed by atoms with Crippen molar-refractivity contribution in [2.24, 2.45) is 5.92 Å². The molecule has 0 spiro atoms. The smallest absolute Gasteiger partial charge is 0.324 e. The van der Waals surface area contributed by atoms with Crippen LogP contribution in [0.2, 0.25) is 0 Å². The number of hydrogen-bond acceptors (Lipinski definition) is 3. The Labute approximate surface area is 115 Å². The summed E-state index contributed by atoms with van der Waals surface area (Å²) < 4.78 is 28.6. The van der Waals surface area contributed by atoms with Gasteiger partial charge in [-0.3, -0.25) is 4.79 Å². The summed E-state index contributed by atoms with van der Waals surface area (Å²) in [5.41, 5.74) is -1.35. The molecule has 0 aromatic carbocycles. The summed E-state index contributed by atoms with van der Waals surface area (Å²) in [5.74, 6) is -0.907. The highest BCUT2D eigenvalue weighted by atomic mass is 32.2. The number of aliphatic carboxylic acids is 1. The molecule has 19 heavy (non-hydrogen) atoms. The lowest BCUT2D eigenvalue weighted by Gasteiger charge is -2.29. The lowest BCUT2D eigenvalue weighted by atomic mass is 9.92. The number of carbonyl (C=O) groups is 1. The normalized spacial score (nSPS) is 20.2. The molecule has 0 unspecified atom stereocenters. The molecule has 3 N–H and O–H groups in total. The lowest BCUT2D eigenvalue weighted by molar-refractivity contribution is -0.144. The van der Waals surface area contributed by atoms with Gasteiger partial charge in [-0.05, 0) is 18.8 Å². The predicted octanol–water partition coefficient (Wildman–Crippen LogP) is 1.24. The maximum absolute atomic E-state index is 11.9. The Morgan fingerprint density at radius 3 is 2.16 bits per heavy atom. The first kappa shape index (κ1) is 16.4. The van der Waals surface area contributed by atoms with E-state index in [1.165, 1.54) is 0 Å². The van der Waals surface area contributed by atoms with Crippen LogP contribution in [0, 0.1) is 5.92 Å². The molecule has 0 bridgehead atoms. The van der Waals surface area contributed by atoms with Crippen molar-refractivity contribution in [3.05, 3.63) is 0 Å². The van der Waals surface area contributed by atoms with E-state index in [2.05, 4.69) is 9.44 Å². The number of carboxylic acids is 1. The van der Waals surface area contributed by atoms with Crippen LogP contribution in [0.4, 0.5) is 0 Å². The summed E-state index contributed by atoms with van der Waals surface area (Å²) in [5, 5.41) is 9.40. The van der Waals surface area contributed by atoms with Crippen LogP contribution in [-0.4, -0.2) is 31.6 Å². The minimum atomic E-state index is -3.78. The summed E-state index contributed by atoms with van der Waals surface area (Å²) in [6.07, 6.45) is 4.08. The van der Waals surface area contributed by atoms with Crippen LogP contribution in [-0.2, 0) is 15.0 Å². The van der Waals surface area contributed by atoms with Gasteiger partial charge in [-0.15, -0.1) is 0 Å². The quantitative estimate of drug-likeness (QED) is 0.642. The fourth-order valence-corrected chi connectivity index (χ4v) is 3.69. The highest BCUT2D eigenvalue weighted by Gasteiger charge is 2.41. The van der Waals surface area contributed by atoms with Crippen molar-refractivity contribution < 1.29 is 18.3 Å². The van der Waals surface area contributed by atoms with Crippen molar-refractivity contribution >= 4 is 16.2 Å². The fourth-order valence-electron chi connectivity index (χ4n) is 2.26. The molecule has 0 saturated heterocycles. The molecule has 0 radical (unpaired) electrons. The molecule has 0 atom stereocenters. The molecule has 0 aromatic heterocycles. The number of nitrogens with one attached hydrogen (secondary N) is 2. The van der Waals surface area contributed by atoms with E-state index in [-0.39, 0.29) is 5.92 Å². The Balaban J connectivity index is 2.80. The van der Waals surface area contributed by atoms with Gasteiger partial charge in [0.05, 0.1) is 0 Å². The molecular formula is C12H24N2O4S. The van der Waals surface area contributed by atoms with E-state index in [1.54, 1.807) is 0 Å². The summed E-state index contributed by atoms with van der Waals surface area (Å²) in [7, 11) is -3.78. The van der Waals surface area contributed by atoms with Gasteiger partial charge in [-0.25, -0.2) is 4.72 Å². The average molecular weight is 292 g/mol. The molecule has 1 saturated carbocycles. The first-order chi connectivity index (χ1) is 8.77. The van der Waals surface area contributed by atoms with Gasteiger partial charge < -0.3 is 5.11 Å². The van der Waals surface area contributed by atoms with Crippen molar-refractivity contribution in [3.8, 4) is 0 Å². The Bertz CT molecular complexity index is 398. The molecule has 1 fully saturated rings. The van der Waals surface area contributed by atoms with Crippen LogP contribution in [0.15, 0.2) is 0 Å². The Kier molecular flexibility index (Phi) is 5.76. The monoisotopic (exact) mass is 292 g/mol. The second kappa shape index (κ2) is 6.67. The molecule has 0 amide bonds. The van der Waals surface area contributed by atoms with E-state index in [0.717, 1.165) is 25.7 Å². The molecule has 1 aliphatic rings. The van der Waals surface area contributed by atoms with Gasteiger partial charge >= 0.3 is 5.97 Å². The van der Waals surface area contributed by atoms with E-state index in [9.17, 15) is 18.3 Å². The maximum atomic E-state index is 11.9. The SMILES string of the molecule is CC(C)CNS(=O)(=O)NC1(C(=O)O)CCCCCC1. The van der Waals surface area contributed by atoms with Gasteiger partial charge in [0.25, 0.3) is 10.2 Å². The molecule has 1 rings (SSSR count). The van der Waals surface area contributed by atoms with Crippen LogP contribution in [0.1, 0.15) is 52.4 Å². The molecule has 0 aromatic rings. The highest BCUT2D eigenvalue weighted by molar-refractivity contribution is 7.87. The minimum absolute atomic E-state index is 0.173. The standard InChI is InChI=1S/C12H24N2O4S/c1-10(2)9-13-19(17,18)14-12(11(15)16)7-5-3-4-6-8-12/h10,13-14H,3-9H2,1-2H3,(H,15,16). The van der Waals surface area contributed by atoms with E-state index in [0.29, 0.717) is 19.4 Å². The third-order valence-corrected chi connectivity index (χ3v) is 4.58. The minimum Gasteiger partial charge on any atom is -0.480 e. The Morgan fingerprint density at radius 1 is 1.21 bits per heavy atom. The van der Waals surface area contributed by atoms with Gasteiger partial charge in [0, 0.05) is 6.54 Å². The first-order valence-electron chi connectivity index (χ1n) is 6.79. The van der Waals surface area contributed by atoms with Gasteiger partial charge in [-0.2, -0.15) is 13.1 Å². The molecule has 1 aliphatic carbocycles. The fraction of sp³-hybridized carbons (Fsp3) is 0.917. The number of rotatable bonds is 6. The number of carboxylic acid groups (broad SMARTS) is 1. The molecular weight excluding hydrogens is 268 g/mol. The van der Waals surface area contributed by atoms with E-state index < -0.39 is 21.7 Å². The summed E-state index contributed by atoms with van der Waals surface area (Å²) in [6, 6.07) is 0. The van der Waals surface area contributed by atoms with Crippen molar-refractivity contribution in [2.45, 2.75) is 57.9 Å². The zero-order chi connectivity index (χ0) is 14.5. The highest BCUT2D eigenvalue weighted by Crippen LogP contribution is 2.28. The predicted molar refractivity (Wildman–Crippen MR) is 73.0 cm³/mol. The van der Waals surface area contributed by atoms with E-state index in [4.69, 9.17) is 0 Å². The van der Waals surface area contributed by atoms with Crippen LogP contribution in [0.25, 0.3) is 0 Å². The molecule has 7 heteroatoms. The number of hydrogen-bond donors (Lipinski definition) is 3. The van der Waals surface area contributed by atoms with Crippen molar-refractivity contribution in [1.29, 1.82) is 0 Å². The molecule has 0 heterocycles. The van der Waals surface area contributed by atoms with Crippen LogP contribution in [0.5, 0.6) is 0 Å². The Morgan fingerprint density at radius 2 is 1.74 bits per heavy atom. The summed E-state index contributed by atoms with van der Waals surface area (Å²) in [6.45, 7) is 4.08. The van der Waals surface area contributed by atoms with Crippen molar-refractivity contribution in [1.82, 2.24) is 9.44 Å². The summed E-state index contributed by atoms with van der Waals surface area (Å²) >= 11 is 0. The van der Waals surface area contributed by atoms with Crippen molar-refractivity contribution in [3.63, 3.8) is 0 Å². The van der Waals surface area contributed by atoms with Gasteiger partial charge in [-0.1, -0.05) is 39.5 Å². The van der Waals surface area contributed by atoms with Crippen LogP contribution < -0.4 is 9.44 Å². The van der Waals surface area contributed by atoms with E-state index in [1.807, 2.05) is 13.8 Å². The molecule has 112 valence electrons. The Hall–Kier alpha value is -0.660. The van der Waals surface area contributed by atoms with Crippen LogP contribution in [0.3, 0.4) is 0 Å². The summed E-state index contributed by atoms with van der Waals surface area (Å²) in [4.78, 5) is 11.5. The van der Waals surface area contributed by atoms with Crippen LogP contribution >= 0.6 is 0 Å². The van der Waals surface area contributed by atoms with Crippen molar-refractivity contribution in [2.75, 3.05) is 6.54 Å². The second-order valence-electron chi connectivity index (χ2n) is 5.65. The third kappa shape index (κ3) is 5.08. The first-order valence-corrected chi connectivity index (χ1v) is 8.28. The average Bonchev–Trinajstić information content (AvgIpc) is 2.53. The lowest BCUT2D eigenvalue weighted by Crippen LogP contribution is -2.57.